The highest BCUT2D eigenvalue weighted by molar-refractivity contribution is 7.47. The molecule has 0 aromatic rings. The van der Waals surface area contributed by atoms with Crippen molar-refractivity contribution in [2.75, 3.05) is 26.4 Å². The second-order valence-electron chi connectivity index (χ2n) is 14.9. The van der Waals surface area contributed by atoms with E-state index in [0.29, 0.717) is 6.42 Å². The van der Waals surface area contributed by atoms with E-state index < -0.39 is 26.5 Å². The van der Waals surface area contributed by atoms with Crippen molar-refractivity contribution in [1.82, 2.24) is 0 Å². The Hall–Kier alpha value is -0.990. The Morgan fingerprint density at radius 3 is 1.17 bits per heavy atom. The van der Waals surface area contributed by atoms with Gasteiger partial charge in [0.15, 0.2) is 6.10 Å². The first-order valence-electron chi connectivity index (χ1n) is 22.0. The Morgan fingerprint density at radius 1 is 0.500 bits per heavy atom. The van der Waals surface area contributed by atoms with E-state index in [1.165, 1.54) is 154 Å². The van der Waals surface area contributed by atoms with Gasteiger partial charge in [-0.1, -0.05) is 200 Å². The van der Waals surface area contributed by atoms with Gasteiger partial charge in [0.05, 0.1) is 13.2 Å². The molecule has 0 aliphatic heterocycles. The van der Waals surface area contributed by atoms with Crippen molar-refractivity contribution in [2.45, 2.75) is 232 Å². The average molecular weight is 762 g/mol. The number of nitrogens with two attached hydrogens (primary N) is 1. The smallest absolute Gasteiger partial charge is 0.462 e. The van der Waals surface area contributed by atoms with Crippen LogP contribution in [0.5, 0.6) is 0 Å². The highest BCUT2D eigenvalue weighted by Crippen LogP contribution is 2.43. The lowest BCUT2D eigenvalue weighted by molar-refractivity contribution is -0.161. The second kappa shape index (κ2) is 39.7. The van der Waals surface area contributed by atoms with Gasteiger partial charge in [-0.15, -0.1) is 0 Å². The van der Waals surface area contributed by atoms with Gasteiger partial charge in [0.25, 0.3) is 0 Å². The topological polar surface area (TPSA) is 134 Å². The van der Waals surface area contributed by atoms with Gasteiger partial charge in [0.1, 0.15) is 6.61 Å². The third-order valence-corrected chi connectivity index (χ3v) is 10.7. The summed E-state index contributed by atoms with van der Waals surface area (Å²) >= 11 is 0. The third kappa shape index (κ3) is 38.7. The monoisotopic (exact) mass is 762 g/mol. The number of hydrogen-bond donors (Lipinski definition) is 2. The Labute approximate surface area is 320 Å². The number of rotatable bonds is 42. The first kappa shape index (κ1) is 51.0. The number of unbranched alkanes of at least 4 members (excludes halogenated alkanes) is 29. The summed E-state index contributed by atoms with van der Waals surface area (Å²) in [5, 5.41) is 0. The molecule has 52 heavy (non-hydrogen) atoms. The molecule has 10 heteroatoms. The van der Waals surface area contributed by atoms with Gasteiger partial charge >= 0.3 is 19.8 Å². The summed E-state index contributed by atoms with van der Waals surface area (Å²) in [6.07, 6.45) is 39.0. The Bertz CT molecular complexity index is 830. The molecular weight excluding hydrogens is 677 g/mol. The minimum atomic E-state index is -4.36. The molecule has 0 aromatic carbocycles. The minimum absolute atomic E-state index is 0.0575. The first-order valence-corrected chi connectivity index (χ1v) is 23.5. The van der Waals surface area contributed by atoms with Gasteiger partial charge in [-0.3, -0.25) is 18.6 Å². The maximum atomic E-state index is 12.5. The predicted molar refractivity (Wildman–Crippen MR) is 215 cm³/mol. The maximum absolute atomic E-state index is 12.5. The van der Waals surface area contributed by atoms with Crippen molar-refractivity contribution in [3.8, 4) is 0 Å². The summed E-state index contributed by atoms with van der Waals surface area (Å²) in [5.74, 6) is -0.825. The minimum Gasteiger partial charge on any atom is -0.462 e. The molecule has 2 atom stereocenters. The standard InChI is InChI=1S/C42H84NO8P/c1-3-5-7-9-11-12-13-14-15-16-17-18-19-20-21-22-23-24-25-26-27-28-29-31-33-35-42(45)51-40(39-50-52(46,47)49-37-36-43)38-48-41(44)34-32-30-10-8-6-4-2/h40H,3-39,43H2,1-2H3,(H,46,47). The highest BCUT2D eigenvalue weighted by atomic mass is 31.2. The SMILES string of the molecule is CCCCCCCCCCCCCCCCCCCCCCCCCCCC(=O)OC(COC(=O)CCCCCCCC)COP(=O)(O)OCCN. The van der Waals surface area contributed by atoms with E-state index in [1.54, 1.807) is 0 Å². The molecule has 310 valence electrons. The van der Waals surface area contributed by atoms with E-state index in [-0.39, 0.29) is 38.6 Å². The molecule has 0 fully saturated rings. The zero-order chi connectivity index (χ0) is 38.2. The molecule has 0 radical (unpaired) electrons. The van der Waals surface area contributed by atoms with Gasteiger partial charge in [0.2, 0.25) is 0 Å². The molecule has 0 spiro atoms. The lowest BCUT2D eigenvalue weighted by Crippen LogP contribution is -2.29. The molecule has 0 bridgehead atoms. The summed E-state index contributed by atoms with van der Waals surface area (Å²) < 4.78 is 32.6. The van der Waals surface area contributed by atoms with Gasteiger partial charge < -0.3 is 20.1 Å². The van der Waals surface area contributed by atoms with Gasteiger partial charge in [-0.2, -0.15) is 0 Å². The number of carbonyl (C=O) groups excluding carboxylic acids is 2. The van der Waals surface area contributed by atoms with Crippen LogP contribution in [-0.2, 0) is 32.7 Å². The number of hydrogen-bond acceptors (Lipinski definition) is 8. The molecule has 0 rings (SSSR count). The van der Waals surface area contributed by atoms with E-state index in [1.807, 2.05) is 0 Å². The summed E-state index contributed by atoms with van der Waals surface area (Å²) in [7, 11) is -4.36. The molecule has 0 heterocycles. The molecule has 2 unspecified atom stereocenters. The van der Waals surface area contributed by atoms with Crippen LogP contribution in [-0.4, -0.2) is 49.3 Å². The highest BCUT2D eigenvalue weighted by Gasteiger charge is 2.26. The lowest BCUT2D eigenvalue weighted by Gasteiger charge is -2.19. The third-order valence-electron chi connectivity index (χ3n) is 9.74. The van der Waals surface area contributed by atoms with Crippen LogP contribution in [0.4, 0.5) is 0 Å². The molecule has 0 saturated heterocycles. The van der Waals surface area contributed by atoms with Crippen molar-refractivity contribution >= 4 is 19.8 Å². The number of ether oxygens (including phenoxy) is 2. The fourth-order valence-electron chi connectivity index (χ4n) is 6.46. The summed E-state index contributed by atoms with van der Waals surface area (Å²) in [6.45, 7) is 3.70. The van der Waals surface area contributed by atoms with Crippen LogP contribution < -0.4 is 5.73 Å². The van der Waals surface area contributed by atoms with E-state index in [2.05, 4.69) is 13.8 Å². The maximum Gasteiger partial charge on any atom is 0.472 e. The summed E-state index contributed by atoms with van der Waals surface area (Å²) in [5.41, 5.74) is 5.33. The summed E-state index contributed by atoms with van der Waals surface area (Å²) in [4.78, 5) is 34.6. The van der Waals surface area contributed by atoms with E-state index in [4.69, 9.17) is 24.3 Å². The lowest BCUT2D eigenvalue weighted by atomic mass is 10.0. The van der Waals surface area contributed by atoms with Crippen molar-refractivity contribution < 1.29 is 37.6 Å². The van der Waals surface area contributed by atoms with Crippen molar-refractivity contribution in [3.63, 3.8) is 0 Å². The molecule has 0 aliphatic rings. The Kier molecular flexibility index (Phi) is 38.9. The van der Waals surface area contributed by atoms with Gasteiger partial charge in [0, 0.05) is 19.4 Å². The van der Waals surface area contributed by atoms with Crippen LogP contribution in [0.3, 0.4) is 0 Å². The van der Waals surface area contributed by atoms with Crippen LogP contribution in [0.15, 0.2) is 0 Å². The van der Waals surface area contributed by atoms with E-state index in [9.17, 15) is 19.0 Å². The molecular formula is C42H84NO8P. The second-order valence-corrected chi connectivity index (χ2v) is 16.4. The van der Waals surface area contributed by atoms with E-state index in [0.717, 1.165) is 38.5 Å². The van der Waals surface area contributed by atoms with Crippen LogP contribution >= 0.6 is 7.82 Å². The fraction of sp³-hybridized carbons (Fsp3) is 0.952. The fourth-order valence-corrected chi connectivity index (χ4v) is 7.23. The Balaban J connectivity index is 3.84. The zero-order valence-electron chi connectivity index (χ0n) is 34.1. The molecule has 0 saturated carbocycles. The molecule has 0 aliphatic carbocycles. The number of carbonyl (C=O) groups is 2. The molecule has 0 aromatic heterocycles. The van der Waals surface area contributed by atoms with Crippen LogP contribution in [0, 0.1) is 0 Å². The van der Waals surface area contributed by atoms with E-state index >= 15 is 0 Å². The van der Waals surface area contributed by atoms with Gasteiger partial charge in [-0.25, -0.2) is 4.57 Å². The average Bonchev–Trinajstić information content (AvgIpc) is 3.13. The Morgan fingerprint density at radius 2 is 0.827 bits per heavy atom. The van der Waals surface area contributed by atoms with Crippen LogP contribution in [0.2, 0.25) is 0 Å². The largest absolute Gasteiger partial charge is 0.472 e. The number of phosphoric acid groups is 1. The number of phosphoric ester groups is 1. The normalized spacial score (nSPS) is 13.2. The molecule has 9 nitrogen and oxygen atoms in total. The van der Waals surface area contributed by atoms with Crippen molar-refractivity contribution in [2.24, 2.45) is 5.73 Å². The van der Waals surface area contributed by atoms with Crippen molar-refractivity contribution in [3.05, 3.63) is 0 Å². The van der Waals surface area contributed by atoms with Gasteiger partial charge in [-0.05, 0) is 12.8 Å². The zero-order valence-corrected chi connectivity index (χ0v) is 35.0. The summed E-state index contributed by atoms with van der Waals surface area (Å²) in [6, 6.07) is 0. The van der Waals surface area contributed by atoms with Crippen molar-refractivity contribution in [1.29, 1.82) is 0 Å². The molecule has 3 N–H and O–H groups in total. The quantitative estimate of drug-likeness (QED) is 0.0354. The van der Waals surface area contributed by atoms with Crippen LogP contribution in [0.25, 0.3) is 0 Å². The predicted octanol–water partition coefficient (Wildman–Crippen LogP) is 12.4. The molecule has 0 amide bonds. The number of esters is 2. The van der Waals surface area contributed by atoms with Crippen LogP contribution in [0.1, 0.15) is 226 Å². The first-order chi connectivity index (χ1) is 25.3.